The summed E-state index contributed by atoms with van der Waals surface area (Å²) in [5, 5.41) is 39.1. The summed E-state index contributed by atoms with van der Waals surface area (Å²) in [4.78, 5) is 44.3. The molecule has 2 rings (SSSR count). The SMILES string of the molecule is O=C([O-])c1cccc(C(=O)O)c1.O=C([O-])c1cccc(C(=O)[O-])n1.[OH3+].[OH3+].[V]. The van der Waals surface area contributed by atoms with Crippen molar-refractivity contribution in [2.75, 3.05) is 0 Å². The van der Waals surface area contributed by atoms with E-state index >= 15 is 0 Å². The van der Waals surface area contributed by atoms with E-state index in [1.807, 2.05) is 0 Å². The maximum Gasteiger partial charge on any atom is 0.335 e. The first-order valence-corrected chi connectivity index (χ1v) is 6.17. The summed E-state index contributed by atoms with van der Waals surface area (Å²) in [6.07, 6.45) is 0. The Kier molecular flexibility index (Phi) is 13.8. The number of nitrogens with zero attached hydrogens (tertiary/aromatic N) is 1. The van der Waals surface area contributed by atoms with Gasteiger partial charge >= 0.3 is 5.97 Å². The molecule has 0 aliphatic carbocycles. The molecule has 0 amide bonds. The minimum atomic E-state index is -1.52. The van der Waals surface area contributed by atoms with E-state index in [1.54, 1.807) is 0 Å². The molecular formula is C15H14NO10V-. The molecule has 0 unspecified atom stereocenters. The quantitative estimate of drug-likeness (QED) is 0.471. The second kappa shape index (κ2) is 13.0. The Morgan fingerprint density at radius 1 is 0.741 bits per heavy atom. The van der Waals surface area contributed by atoms with Gasteiger partial charge in [-0.1, -0.05) is 18.2 Å². The number of aromatic carboxylic acids is 4. The van der Waals surface area contributed by atoms with E-state index in [1.165, 1.54) is 24.3 Å². The van der Waals surface area contributed by atoms with Crippen molar-refractivity contribution < 1.29 is 69.1 Å². The van der Waals surface area contributed by atoms with Crippen molar-refractivity contribution in [2.24, 2.45) is 0 Å². The number of carbonyl (C=O) groups is 4. The zero-order valence-electron chi connectivity index (χ0n) is 13.4. The molecule has 1 radical (unpaired) electrons. The average Bonchev–Trinajstić information content (AvgIpc) is 2.55. The predicted octanol–water partition coefficient (Wildman–Crippen LogP) is -4.29. The van der Waals surface area contributed by atoms with E-state index in [4.69, 9.17) is 5.11 Å². The van der Waals surface area contributed by atoms with Gasteiger partial charge in [0.25, 0.3) is 0 Å². The molecule has 0 atom stereocenters. The Bertz CT molecular complexity index is 683. The van der Waals surface area contributed by atoms with E-state index in [9.17, 15) is 34.5 Å². The van der Waals surface area contributed by atoms with Crippen molar-refractivity contribution in [1.29, 1.82) is 0 Å². The number of carbonyl (C=O) groups excluding carboxylic acids is 3. The molecule has 0 fully saturated rings. The first-order valence-electron chi connectivity index (χ1n) is 6.17. The monoisotopic (exact) mass is 419 g/mol. The van der Waals surface area contributed by atoms with Crippen LogP contribution in [0.4, 0.5) is 0 Å². The van der Waals surface area contributed by atoms with Gasteiger partial charge in [-0.2, -0.15) is 0 Å². The van der Waals surface area contributed by atoms with Crippen molar-refractivity contribution in [3.8, 4) is 0 Å². The summed E-state index contributed by atoms with van der Waals surface area (Å²) >= 11 is 0. The first-order chi connectivity index (χ1) is 11.2. The van der Waals surface area contributed by atoms with Gasteiger partial charge in [-0.05, 0) is 29.8 Å². The van der Waals surface area contributed by atoms with E-state index < -0.39 is 35.3 Å². The number of benzene rings is 1. The normalized spacial score (nSPS) is 8.30. The Hall–Kier alpha value is -3.25. The van der Waals surface area contributed by atoms with Crippen LogP contribution >= 0.6 is 0 Å². The van der Waals surface area contributed by atoms with Gasteiger partial charge in [0.1, 0.15) is 0 Å². The Labute approximate surface area is 163 Å². The van der Waals surface area contributed by atoms with Gasteiger partial charge < -0.3 is 45.8 Å². The summed E-state index contributed by atoms with van der Waals surface area (Å²) in [7, 11) is 0. The van der Waals surface area contributed by atoms with Crippen LogP contribution in [0.25, 0.3) is 0 Å². The van der Waals surface area contributed by atoms with Crippen molar-refractivity contribution in [3.05, 3.63) is 65.0 Å². The molecule has 1 aromatic carbocycles. The van der Waals surface area contributed by atoms with Crippen molar-refractivity contribution in [1.82, 2.24) is 4.98 Å². The molecule has 0 aliphatic heterocycles. The van der Waals surface area contributed by atoms with Gasteiger partial charge in [-0.25, -0.2) is 9.78 Å². The van der Waals surface area contributed by atoms with Gasteiger partial charge in [0, 0.05) is 18.6 Å². The first kappa shape index (κ1) is 28.6. The molecule has 0 saturated carbocycles. The third kappa shape index (κ3) is 9.14. The predicted molar refractivity (Wildman–Crippen MR) is 80.4 cm³/mol. The third-order valence-corrected chi connectivity index (χ3v) is 2.51. The number of pyridine rings is 1. The van der Waals surface area contributed by atoms with Crippen LogP contribution in [0, 0.1) is 0 Å². The van der Waals surface area contributed by atoms with Crippen LogP contribution in [0.5, 0.6) is 0 Å². The average molecular weight is 419 g/mol. The summed E-state index contributed by atoms with van der Waals surface area (Å²) in [6, 6.07) is 8.54. The molecule has 11 nitrogen and oxygen atoms in total. The number of carboxylic acid groups (broad SMARTS) is 4. The van der Waals surface area contributed by atoms with Crippen LogP contribution in [0.2, 0.25) is 0 Å². The molecule has 0 aliphatic rings. The maximum absolute atomic E-state index is 10.4. The van der Waals surface area contributed by atoms with Gasteiger partial charge in [0.2, 0.25) is 0 Å². The standard InChI is InChI=1S/C8H6O4.C7H5NO4.2H2O.V/c9-7(10)5-2-1-3-6(4-5)8(11)12;9-6(10)4-2-1-3-5(8-4)7(11)12;;;/h1-4H,(H,9,10)(H,11,12);1-3H,(H,9,10)(H,11,12);2*1H2;/p-1. The van der Waals surface area contributed by atoms with Crippen molar-refractivity contribution in [2.45, 2.75) is 0 Å². The fourth-order valence-electron chi connectivity index (χ4n) is 1.44. The molecule has 145 valence electrons. The summed E-state index contributed by atoms with van der Waals surface area (Å²) in [5.74, 6) is -5.56. The molecule has 0 spiro atoms. The van der Waals surface area contributed by atoms with Crippen LogP contribution in [0.1, 0.15) is 41.7 Å². The fourth-order valence-corrected chi connectivity index (χ4v) is 1.44. The molecule has 0 saturated heterocycles. The Balaban J connectivity index is -0.000000384. The fraction of sp³-hybridized carbons (Fsp3) is 0. The van der Waals surface area contributed by atoms with E-state index in [2.05, 4.69) is 4.98 Å². The number of aromatic nitrogens is 1. The second-order valence-corrected chi connectivity index (χ2v) is 4.16. The van der Waals surface area contributed by atoms with Crippen molar-refractivity contribution in [3.63, 3.8) is 0 Å². The minimum Gasteiger partial charge on any atom is -0.545 e. The second-order valence-electron chi connectivity index (χ2n) is 4.16. The van der Waals surface area contributed by atoms with Crippen LogP contribution in [0.15, 0.2) is 42.5 Å². The molecule has 0 bridgehead atoms. The van der Waals surface area contributed by atoms with Crippen molar-refractivity contribution >= 4 is 23.9 Å². The molecule has 7 N–H and O–H groups in total. The molecule has 1 heterocycles. The Morgan fingerprint density at radius 3 is 1.52 bits per heavy atom. The van der Waals surface area contributed by atoms with Gasteiger partial charge in [-0.15, -0.1) is 0 Å². The number of hydrogen-bond acceptors (Lipinski definition) is 8. The van der Waals surface area contributed by atoms with Crippen LogP contribution in [-0.2, 0) is 29.5 Å². The topological polar surface area (TPSA) is 237 Å². The zero-order valence-corrected chi connectivity index (χ0v) is 14.8. The zero-order chi connectivity index (χ0) is 18.3. The molecular weight excluding hydrogens is 405 g/mol. The smallest absolute Gasteiger partial charge is 0.335 e. The van der Waals surface area contributed by atoms with E-state index in [0.717, 1.165) is 18.2 Å². The largest absolute Gasteiger partial charge is 0.545 e. The molecule has 1 aromatic heterocycles. The number of carboxylic acids is 4. The number of rotatable bonds is 4. The molecule has 2 aromatic rings. The Morgan fingerprint density at radius 2 is 1.15 bits per heavy atom. The molecule has 12 heteroatoms. The molecule has 27 heavy (non-hydrogen) atoms. The van der Waals surface area contributed by atoms with Crippen LogP contribution in [-0.4, -0.2) is 34.0 Å². The summed E-state index contributed by atoms with van der Waals surface area (Å²) < 4.78 is 0. The minimum absolute atomic E-state index is 0. The maximum atomic E-state index is 10.4. The third-order valence-electron chi connectivity index (χ3n) is 2.51. The number of hydrogen-bond donors (Lipinski definition) is 1. The van der Waals surface area contributed by atoms with Gasteiger partial charge in [-0.3, -0.25) is 0 Å². The summed E-state index contributed by atoms with van der Waals surface area (Å²) in [5.41, 5.74) is -1.03. The van der Waals surface area contributed by atoms with Gasteiger partial charge in [0.15, 0.2) is 0 Å². The van der Waals surface area contributed by atoms with Crippen LogP contribution in [0.3, 0.4) is 0 Å². The van der Waals surface area contributed by atoms with E-state index in [-0.39, 0.29) is 40.6 Å². The summed E-state index contributed by atoms with van der Waals surface area (Å²) in [6.45, 7) is 0. The van der Waals surface area contributed by atoms with E-state index in [0.29, 0.717) is 0 Å². The van der Waals surface area contributed by atoms with Crippen LogP contribution < -0.4 is 15.3 Å². The van der Waals surface area contributed by atoms with Gasteiger partial charge in [0.05, 0.1) is 34.9 Å².